The second-order valence-electron chi connectivity index (χ2n) is 4.98. The molecule has 2 aromatic heterocycles. The molecule has 2 heterocycles. The highest BCUT2D eigenvalue weighted by Gasteiger charge is 2.14. The number of thiophene rings is 1. The summed E-state index contributed by atoms with van der Waals surface area (Å²) < 4.78 is 4.60. The SMILES string of the molecule is COC(=O)c1cnc(NC(=O)c2ccc(NC(=O)c3cccs3)cc2)s1. The summed E-state index contributed by atoms with van der Waals surface area (Å²) >= 11 is 2.38. The first-order valence-electron chi connectivity index (χ1n) is 7.37. The van der Waals surface area contributed by atoms with Crippen LogP contribution in [-0.4, -0.2) is 29.9 Å². The molecule has 0 spiro atoms. The van der Waals surface area contributed by atoms with Gasteiger partial charge in [0.2, 0.25) is 0 Å². The maximum absolute atomic E-state index is 12.2. The van der Waals surface area contributed by atoms with Gasteiger partial charge in [-0.25, -0.2) is 9.78 Å². The summed E-state index contributed by atoms with van der Waals surface area (Å²) in [5.74, 6) is -1.07. The van der Waals surface area contributed by atoms with E-state index in [1.165, 1.54) is 24.6 Å². The van der Waals surface area contributed by atoms with Crippen molar-refractivity contribution in [3.8, 4) is 0 Å². The normalized spacial score (nSPS) is 10.2. The molecule has 7 nitrogen and oxygen atoms in total. The van der Waals surface area contributed by atoms with Crippen molar-refractivity contribution in [2.24, 2.45) is 0 Å². The number of ether oxygens (including phenoxy) is 1. The first kappa shape index (κ1) is 17.8. The summed E-state index contributed by atoms with van der Waals surface area (Å²) in [7, 11) is 1.28. The number of carbonyl (C=O) groups is 3. The van der Waals surface area contributed by atoms with Crippen LogP contribution in [0.2, 0.25) is 0 Å². The topological polar surface area (TPSA) is 97.4 Å². The number of esters is 1. The Morgan fingerprint density at radius 3 is 2.42 bits per heavy atom. The molecule has 0 fully saturated rings. The molecule has 0 aliphatic heterocycles. The Labute approximate surface area is 156 Å². The lowest BCUT2D eigenvalue weighted by Crippen LogP contribution is -2.13. The summed E-state index contributed by atoms with van der Waals surface area (Å²) in [6, 6.07) is 10.0. The van der Waals surface area contributed by atoms with E-state index in [1.54, 1.807) is 36.4 Å². The van der Waals surface area contributed by atoms with E-state index < -0.39 is 5.97 Å². The average molecular weight is 387 g/mol. The van der Waals surface area contributed by atoms with Gasteiger partial charge < -0.3 is 10.1 Å². The molecule has 0 atom stereocenters. The largest absolute Gasteiger partial charge is 0.465 e. The average Bonchev–Trinajstić information content (AvgIpc) is 3.33. The third-order valence-electron chi connectivity index (χ3n) is 3.26. The van der Waals surface area contributed by atoms with Crippen LogP contribution in [0.3, 0.4) is 0 Å². The number of anilines is 2. The second-order valence-corrected chi connectivity index (χ2v) is 6.96. The summed E-state index contributed by atoms with van der Waals surface area (Å²) in [6.45, 7) is 0. The number of carbonyl (C=O) groups excluding carboxylic acids is 3. The molecule has 0 aliphatic carbocycles. The molecule has 9 heteroatoms. The van der Waals surface area contributed by atoms with E-state index in [9.17, 15) is 14.4 Å². The monoisotopic (exact) mass is 387 g/mol. The Morgan fingerprint density at radius 2 is 1.77 bits per heavy atom. The molecule has 1 aromatic carbocycles. The van der Waals surface area contributed by atoms with Gasteiger partial charge in [0.15, 0.2) is 5.13 Å². The van der Waals surface area contributed by atoms with Crippen molar-refractivity contribution in [3.63, 3.8) is 0 Å². The molecule has 0 radical (unpaired) electrons. The summed E-state index contributed by atoms with van der Waals surface area (Å²) in [6.07, 6.45) is 1.34. The maximum Gasteiger partial charge on any atom is 0.349 e. The maximum atomic E-state index is 12.2. The van der Waals surface area contributed by atoms with Crippen molar-refractivity contribution in [2.45, 2.75) is 0 Å². The smallest absolute Gasteiger partial charge is 0.349 e. The molecule has 26 heavy (non-hydrogen) atoms. The van der Waals surface area contributed by atoms with Gasteiger partial charge in [0.25, 0.3) is 11.8 Å². The third kappa shape index (κ3) is 4.13. The molecular formula is C17H13N3O4S2. The first-order chi connectivity index (χ1) is 12.6. The number of nitrogens with one attached hydrogen (secondary N) is 2. The van der Waals surface area contributed by atoms with Crippen LogP contribution in [-0.2, 0) is 4.74 Å². The Balaban J connectivity index is 1.62. The summed E-state index contributed by atoms with van der Waals surface area (Å²) in [5, 5.41) is 7.50. The molecule has 0 saturated carbocycles. The molecule has 2 N–H and O–H groups in total. The third-order valence-corrected chi connectivity index (χ3v) is 5.02. The molecule has 3 aromatic rings. The summed E-state index contributed by atoms with van der Waals surface area (Å²) in [5.41, 5.74) is 0.983. The summed E-state index contributed by atoms with van der Waals surface area (Å²) in [4.78, 5) is 40.5. The second kappa shape index (κ2) is 7.89. The molecule has 3 rings (SSSR count). The number of rotatable bonds is 5. The number of methoxy groups -OCH3 is 1. The fourth-order valence-corrected chi connectivity index (χ4v) is 3.35. The number of benzene rings is 1. The number of hydrogen-bond acceptors (Lipinski definition) is 7. The predicted octanol–water partition coefficient (Wildman–Crippen LogP) is 3.50. The highest BCUT2D eigenvalue weighted by atomic mass is 32.1. The van der Waals surface area contributed by atoms with Gasteiger partial charge in [-0.2, -0.15) is 0 Å². The lowest BCUT2D eigenvalue weighted by atomic mass is 10.2. The van der Waals surface area contributed by atoms with Gasteiger partial charge >= 0.3 is 5.97 Å². The van der Waals surface area contributed by atoms with Crippen molar-refractivity contribution in [2.75, 3.05) is 17.7 Å². The van der Waals surface area contributed by atoms with Crippen LogP contribution in [0.25, 0.3) is 0 Å². The fraction of sp³-hybridized carbons (Fsp3) is 0.0588. The lowest BCUT2D eigenvalue weighted by molar-refractivity contribution is 0.0605. The molecule has 0 aliphatic rings. The van der Waals surface area contributed by atoms with Crippen LogP contribution in [0.1, 0.15) is 29.7 Å². The van der Waals surface area contributed by atoms with Gasteiger partial charge in [-0.15, -0.1) is 11.3 Å². The standard InChI is InChI=1S/C17H13N3O4S2/c1-24-16(23)13-9-18-17(26-13)20-14(21)10-4-6-11(7-5-10)19-15(22)12-3-2-8-25-12/h2-9H,1H3,(H,19,22)(H,18,20,21). The molecule has 132 valence electrons. The molecule has 0 saturated heterocycles. The Hall–Kier alpha value is -3.04. The van der Waals surface area contributed by atoms with Crippen molar-refractivity contribution in [1.29, 1.82) is 0 Å². The Bertz CT molecular complexity index is 933. The van der Waals surface area contributed by atoms with E-state index in [2.05, 4.69) is 20.4 Å². The number of thiazole rings is 1. The minimum atomic E-state index is -0.506. The van der Waals surface area contributed by atoms with Gasteiger partial charge in [0, 0.05) is 11.3 Å². The van der Waals surface area contributed by atoms with Gasteiger partial charge in [-0.05, 0) is 35.7 Å². The van der Waals surface area contributed by atoms with Crippen molar-refractivity contribution >= 4 is 51.3 Å². The van der Waals surface area contributed by atoms with E-state index in [0.717, 1.165) is 11.3 Å². The Morgan fingerprint density at radius 1 is 1.00 bits per heavy atom. The van der Waals surface area contributed by atoms with Crippen LogP contribution in [0.15, 0.2) is 48.0 Å². The van der Waals surface area contributed by atoms with E-state index in [0.29, 0.717) is 26.1 Å². The minimum Gasteiger partial charge on any atom is -0.465 e. The minimum absolute atomic E-state index is 0.199. The van der Waals surface area contributed by atoms with Gasteiger partial charge in [-0.1, -0.05) is 17.4 Å². The van der Waals surface area contributed by atoms with E-state index in [4.69, 9.17) is 0 Å². The number of aromatic nitrogens is 1. The van der Waals surface area contributed by atoms with E-state index >= 15 is 0 Å². The number of nitrogens with zero attached hydrogens (tertiary/aromatic N) is 1. The highest BCUT2D eigenvalue weighted by molar-refractivity contribution is 7.17. The zero-order valence-corrected chi connectivity index (χ0v) is 15.1. The number of hydrogen-bond donors (Lipinski definition) is 2. The molecule has 2 amide bonds. The van der Waals surface area contributed by atoms with E-state index in [-0.39, 0.29) is 11.8 Å². The number of amides is 2. The van der Waals surface area contributed by atoms with Crippen LogP contribution >= 0.6 is 22.7 Å². The van der Waals surface area contributed by atoms with Crippen LogP contribution < -0.4 is 10.6 Å². The zero-order chi connectivity index (χ0) is 18.5. The highest BCUT2D eigenvalue weighted by Crippen LogP contribution is 2.20. The Kier molecular flexibility index (Phi) is 5.40. The van der Waals surface area contributed by atoms with Crippen LogP contribution in [0.5, 0.6) is 0 Å². The van der Waals surface area contributed by atoms with Gasteiger partial charge in [-0.3, -0.25) is 14.9 Å². The first-order valence-corrected chi connectivity index (χ1v) is 9.07. The predicted molar refractivity (Wildman–Crippen MR) is 100 cm³/mol. The zero-order valence-electron chi connectivity index (χ0n) is 13.5. The quantitative estimate of drug-likeness (QED) is 0.653. The molecule has 0 bridgehead atoms. The van der Waals surface area contributed by atoms with Crippen molar-refractivity contribution in [1.82, 2.24) is 4.98 Å². The van der Waals surface area contributed by atoms with Gasteiger partial charge in [0.1, 0.15) is 4.88 Å². The van der Waals surface area contributed by atoms with Crippen LogP contribution in [0, 0.1) is 0 Å². The molecular weight excluding hydrogens is 374 g/mol. The fourth-order valence-electron chi connectivity index (χ4n) is 2.00. The van der Waals surface area contributed by atoms with Crippen LogP contribution in [0.4, 0.5) is 10.8 Å². The lowest BCUT2D eigenvalue weighted by Gasteiger charge is -2.05. The van der Waals surface area contributed by atoms with E-state index in [1.807, 2.05) is 5.38 Å². The van der Waals surface area contributed by atoms with Gasteiger partial charge in [0.05, 0.1) is 18.2 Å². The van der Waals surface area contributed by atoms with Crippen molar-refractivity contribution < 1.29 is 19.1 Å². The van der Waals surface area contributed by atoms with Crippen molar-refractivity contribution in [3.05, 3.63) is 63.3 Å². The molecule has 0 unspecified atom stereocenters.